The lowest BCUT2D eigenvalue weighted by Crippen LogP contribution is -1.98. The normalized spacial score (nSPS) is 10.9. The molecule has 122 valence electrons. The van der Waals surface area contributed by atoms with Crippen LogP contribution in [0, 0.1) is 0 Å². The average Bonchev–Trinajstić information content (AvgIpc) is 2.49. The Labute approximate surface area is 130 Å². The Morgan fingerprint density at radius 3 is 2.19 bits per heavy atom. The summed E-state index contributed by atoms with van der Waals surface area (Å²) in [5, 5.41) is 0. The van der Waals surface area contributed by atoms with Crippen LogP contribution in [-0.4, -0.2) is 12.3 Å². The minimum Gasteiger partial charge on any atom is -0.435 e. The van der Waals surface area contributed by atoms with E-state index in [1.54, 1.807) is 6.26 Å². The van der Waals surface area contributed by atoms with Crippen LogP contribution in [0.1, 0.15) is 90.4 Å². The fraction of sp³-hybridized carbons (Fsp3) is 0.778. The molecule has 0 aliphatic carbocycles. The van der Waals surface area contributed by atoms with Crippen LogP contribution in [0.15, 0.2) is 12.3 Å². The summed E-state index contributed by atoms with van der Waals surface area (Å²) in [6.45, 7) is 2.20. The van der Waals surface area contributed by atoms with Crippen molar-refractivity contribution < 1.29 is 14.3 Å². The third kappa shape index (κ3) is 16.8. The fourth-order valence-corrected chi connectivity index (χ4v) is 2.14. The molecule has 0 unspecified atom stereocenters. The molecule has 0 N–H and O–H groups in total. The molecule has 0 radical (unpaired) electrons. The Kier molecular flexibility index (Phi) is 16.0. The van der Waals surface area contributed by atoms with Crippen LogP contribution in [-0.2, 0) is 14.3 Å². The minimum atomic E-state index is -0.124. The van der Waals surface area contributed by atoms with Gasteiger partial charge in [0.2, 0.25) is 0 Å². The van der Waals surface area contributed by atoms with Crippen LogP contribution in [0.4, 0.5) is 0 Å². The van der Waals surface area contributed by atoms with Crippen molar-refractivity contribution >= 4 is 12.3 Å². The monoisotopic (exact) mass is 296 g/mol. The highest BCUT2D eigenvalue weighted by Gasteiger charge is 2.00. The second kappa shape index (κ2) is 16.9. The topological polar surface area (TPSA) is 43.4 Å². The summed E-state index contributed by atoms with van der Waals surface area (Å²) in [5.74, 6) is -0.124. The molecule has 0 aliphatic heterocycles. The first kappa shape index (κ1) is 19.9. The highest BCUT2D eigenvalue weighted by Crippen LogP contribution is 2.09. The summed E-state index contributed by atoms with van der Waals surface area (Å²) in [6, 6.07) is 0. The van der Waals surface area contributed by atoms with E-state index < -0.39 is 0 Å². The lowest BCUT2D eigenvalue weighted by atomic mass is 10.1. The predicted octanol–water partition coefficient (Wildman–Crippen LogP) is 5.33. The molecule has 0 aliphatic rings. The fourth-order valence-electron chi connectivity index (χ4n) is 2.14. The SMILES string of the molecule is CCCCCCC=COC(=O)CCCCCCCCC=O. The van der Waals surface area contributed by atoms with Gasteiger partial charge in [-0.05, 0) is 31.8 Å². The van der Waals surface area contributed by atoms with Crippen molar-refractivity contribution in [2.45, 2.75) is 90.4 Å². The molecule has 0 saturated carbocycles. The van der Waals surface area contributed by atoms with E-state index in [0.29, 0.717) is 12.8 Å². The van der Waals surface area contributed by atoms with Gasteiger partial charge < -0.3 is 9.53 Å². The quantitative estimate of drug-likeness (QED) is 0.177. The molecular formula is C18H32O3. The second-order valence-electron chi connectivity index (χ2n) is 5.54. The van der Waals surface area contributed by atoms with Gasteiger partial charge in [-0.1, -0.05) is 51.9 Å². The molecule has 0 aromatic carbocycles. The van der Waals surface area contributed by atoms with E-state index >= 15 is 0 Å². The maximum absolute atomic E-state index is 11.4. The van der Waals surface area contributed by atoms with Gasteiger partial charge in [-0.25, -0.2) is 0 Å². The average molecular weight is 296 g/mol. The lowest BCUT2D eigenvalue weighted by molar-refractivity contribution is -0.138. The zero-order valence-corrected chi connectivity index (χ0v) is 13.6. The third-order valence-corrected chi connectivity index (χ3v) is 3.47. The molecule has 0 fully saturated rings. The molecule has 3 nitrogen and oxygen atoms in total. The summed E-state index contributed by atoms with van der Waals surface area (Å²) >= 11 is 0. The Balaban J connectivity index is 3.26. The van der Waals surface area contributed by atoms with E-state index in [4.69, 9.17) is 4.74 Å². The van der Waals surface area contributed by atoms with Crippen LogP contribution >= 0.6 is 0 Å². The van der Waals surface area contributed by atoms with Crippen LogP contribution in [0.5, 0.6) is 0 Å². The Morgan fingerprint density at radius 1 is 0.857 bits per heavy atom. The van der Waals surface area contributed by atoms with Crippen molar-refractivity contribution in [1.82, 2.24) is 0 Å². The smallest absolute Gasteiger partial charge is 0.310 e. The summed E-state index contributed by atoms with van der Waals surface area (Å²) < 4.78 is 5.05. The van der Waals surface area contributed by atoms with Gasteiger partial charge in [0, 0.05) is 12.8 Å². The van der Waals surface area contributed by atoms with Crippen LogP contribution in [0.2, 0.25) is 0 Å². The Morgan fingerprint density at radius 2 is 1.48 bits per heavy atom. The summed E-state index contributed by atoms with van der Waals surface area (Å²) in [6.07, 6.45) is 18.0. The molecule has 0 aromatic rings. The van der Waals surface area contributed by atoms with Gasteiger partial charge in [-0.15, -0.1) is 0 Å². The molecular weight excluding hydrogens is 264 g/mol. The molecule has 0 amide bonds. The van der Waals surface area contributed by atoms with Crippen molar-refractivity contribution in [1.29, 1.82) is 0 Å². The van der Waals surface area contributed by atoms with Crippen LogP contribution < -0.4 is 0 Å². The summed E-state index contributed by atoms with van der Waals surface area (Å²) in [5.41, 5.74) is 0. The molecule has 0 spiro atoms. The number of rotatable bonds is 15. The van der Waals surface area contributed by atoms with Gasteiger partial charge in [0.1, 0.15) is 6.29 Å². The molecule has 0 heterocycles. The Bertz CT molecular complexity index is 272. The van der Waals surface area contributed by atoms with Gasteiger partial charge in [0.25, 0.3) is 0 Å². The zero-order chi connectivity index (χ0) is 15.6. The highest BCUT2D eigenvalue weighted by molar-refractivity contribution is 5.69. The van der Waals surface area contributed by atoms with E-state index in [1.807, 2.05) is 6.08 Å². The predicted molar refractivity (Wildman–Crippen MR) is 87.0 cm³/mol. The van der Waals surface area contributed by atoms with E-state index in [-0.39, 0.29) is 5.97 Å². The minimum absolute atomic E-state index is 0.124. The molecule has 0 saturated heterocycles. The van der Waals surface area contributed by atoms with Gasteiger partial charge in [-0.3, -0.25) is 4.79 Å². The number of hydrogen-bond acceptors (Lipinski definition) is 3. The first-order valence-electron chi connectivity index (χ1n) is 8.59. The van der Waals surface area contributed by atoms with Crippen molar-refractivity contribution in [2.75, 3.05) is 0 Å². The maximum Gasteiger partial charge on any atom is 0.310 e. The van der Waals surface area contributed by atoms with Crippen molar-refractivity contribution in [3.63, 3.8) is 0 Å². The van der Waals surface area contributed by atoms with Crippen molar-refractivity contribution in [2.24, 2.45) is 0 Å². The molecule has 0 atom stereocenters. The number of esters is 1. The van der Waals surface area contributed by atoms with Gasteiger partial charge in [-0.2, -0.15) is 0 Å². The second-order valence-corrected chi connectivity index (χ2v) is 5.54. The number of ether oxygens (including phenoxy) is 1. The highest BCUT2D eigenvalue weighted by atomic mass is 16.5. The number of hydrogen-bond donors (Lipinski definition) is 0. The standard InChI is InChI=1S/C18H32O3/c1-2-3-4-5-11-14-17-21-18(20)15-12-9-7-6-8-10-13-16-19/h14,16-17H,2-13,15H2,1H3. The van der Waals surface area contributed by atoms with E-state index in [9.17, 15) is 9.59 Å². The summed E-state index contributed by atoms with van der Waals surface area (Å²) in [7, 11) is 0. The molecule has 0 aromatic heterocycles. The lowest BCUT2D eigenvalue weighted by Gasteiger charge is -2.01. The number of carbonyl (C=O) groups is 2. The van der Waals surface area contributed by atoms with Gasteiger partial charge in [0.15, 0.2) is 0 Å². The van der Waals surface area contributed by atoms with Gasteiger partial charge in [0.05, 0.1) is 6.26 Å². The van der Waals surface area contributed by atoms with Crippen LogP contribution in [0.3, 0.4) is 0 Å². The summed E-state index contributed by atoms with van der Waals surface area (Å²) in [4.78, 5) is 21.6. The first-order valence-corrected chi connectivity index (χ1v) is 8.59. The Hall–Kier alpha value is -1.12. The van der Waals surface area contributed by atoms with Gasteiger partial charge >= 0.3 is 5.97 Å². The third-order valence-electron chi connectivity index (χ3n) is 3.47. The molecule has 0 bridgehead atoms. The molecule has 21 heavy (non-hydrogen) atoms. The first-order chi connectivity index (χ1) is 10.3. The molecule has 3 heteroatoms. The van der Waals surface area contributed by atoms with E-state index in [0.717, 1.165) is 51.2 Å². The molecule has 0 rings (SSSR count). The van der Waals surface area contributed by atoms with Crippen LogP contribution in [0.25, 0.3) is 0 Å². The van der Waals surface area contributed by atoms with Crippen molar-refractivity contribution in [3.05, 3.63) is 12.3 Å². The zero-order valence-electron chi connectivity index (χ0n) is 13.6. The van der Waals surface area contributed by atoms with E-state index in [2.05, 4.69) is 6.92 Å². The van der Waals surface area contributed by atoms with E-state index in [1.165, 1.54) is 25.7 Å². The van der Waals surface area contributed by atoms with Crippen molar-refractivity contribution in [3.8, 4) is 0 Å². The largest absolute Gasteiger partial charge is 0.435 e. The number of carbonyl (C=O) groups excluding carboxylic acids is 2. The number of aldehydes is 1. The number of unbranched alkanes of at least 4 members (excludes halogenated alkanes) is 10. The maximum atomic E-state index is 11.4. The number of allylic oxidation sites excluding steroid dienone is 1.